The van der Waals surface area contributed by atoms with Crippen molar-refractivity contribution in [2.75, 3.05) is 40.9 Å². The van der Waals surface area contributed by atoms with Gasteiger partial charge in [0.05, 0.1) is 39.9 Å². The number of unbranched alkanes of at least 4 members (excludes halogenated alkanes) is 36. The van der Waals surface area contributed by atoms with Crippen molar-refractivity contribution < 1.29 is 32.9 Å². The van der Waals surface area contributed by atoms with Gasteiger partial charge in [-0.1, -0.05) is 267 Å². The summed E-state index contributed by atoms with van der Waals surface area (Å²) >= 11 is 0. The molecule has 0 fully saturated rings. The summed E-state index contributed by atoms with van der Waals surface area (Å²) in [5.74, 6) is -0.188. The molecule has 8 nitrogen and oxygen atoms in total. The smallest absolute Gasteiger partial charge is 0.387 e. The number of rotatable bonds is 57. The Hall–Kier alpha value is -1.80. The number of nitrogens with zero attached hydrogens (tertiary/aromatic N) is 1. The SMILES string of the molecule is CCCCCCC/C=C\C/C=C\CCCCCCCCCCCCCCCCCCCC(=O)NC(COP(=O)(O)OCC[N+](C)(C)C)C(O)/C=C/CC/C=C/CC/C=C/CCCCCCCCCCCCCC. The normalized spacial score (nSPS) is 14.2. The van der Waals surface area contributed by atoms with E-state index in [1.54, 1.807) is 6.08 Å². The summed E-state index contributed by atoms with van der Waals surface area (Å²) in [7, 11) is 1.55. The van der Waals surface area contributed by atoms with Crippen LogP contribution in [0.1, 0.15) is 290 Å². The Morgan fingerprint density at radius 2 is 0.795 bits per heavy atom. The predicted octanol–water partition coefficient (Wildman–Crippen LogP) is 19.3. The van der Waals surface area contributed by atoms with Gasteiger partial charge >= 0.3 is 7.82 Å². The van der Waals surface area contributed by atoms with Gasteiger partial charge in [-0.15, -0.1) is 0 Å². The molecule has 428 valence electrons. The lowest BCUT2D eigenvalue weighted by Crippen LogP contribution is -2.45. The predicted molar refractivity (Wildman–Crippen MR) is 318 cm³/mol. The quantitative estimate of drug-likeness (QED) is 0.0243. The molecule has 0 aliphatic carbocycles. The third kappa shape index (κ3) is 57.7. The number of hydrogen-bond donors (Lipinski definition) is 3. The van der Waals surface area contributed by atoms with Gasteiger partial charge in [-0.25, -0.2) is 4.57 Å². The second-order valence-corrected chi connectivity index (χ2v) is 23.9. The molecule has 0 aromatic rings. The summed E-state index contributed by atoms with van der Waals surface area (Å²) in [5, 5.41) is 13.9. The van der Waals surface area contributed by atoms with E-state index < -0.39 is 20.0 Å². The van der Waals surface area contributed by atoms with Gasteiger partial charge in [-0.2, -0.15) is 0 Å². The summed E-state index contributed by atoms with van der Waals surface area (Å²) in [4.78, 5) is 23.3. The maximum absolute atomic E-state index is 13.0. The van der Waals surface area contributed by atoms with Crippen LogP contribution in [-0.4, -0.2) is 73.4 Å². The Kier molecular flexibility index (Phi) is 53.6. The fraction of sp³-hybridized carbons (Fsp3) is 0.828. The molecule has 0 spiro atoms. The number of likely N-dealkylation sites (N-methyl/N-ethyl adjacent to an activating group) is 1. The summed E-state index contributed by atoms with van der Waals surface area (Å²) in [6.07, 6.45) is 74.8. The van der Waals surface area contributed by atoms with Crippen molar-refractivity contribution >= 4 is 13.7 Å². The van der Waals surface area contributed by atoms with Crippen LogP contribution in [0.15, 0.2) is 60.8 Å². The molecule has 0 radical (unpaired) electrons. The number of aliphatic hydroxyl groups excluding tert-OH is 1. The molecule has 3 unspecified atom stereocenters. The van der Waals surface area contributed by atoms with E-state index in [9.17, 15) is 19.4 Å². The molecule has 1 amide bonds. The van der Waals surface area contributed by atoms with Gasteiger partial charge in [0.15, 0.2) is 0 Å². The number of phosphoric ester groups is 1. The average molecular weight is 1050 g/mol. The summed E-state index contributed by atoms with van der Waals surface area (Å²) in [6, 6.07) is -0.872. The maximum Gasteiger partial charge on any atom is 0.472 e. The number of carbonyl (C=O) groups excluding carboxylic acids is 1. The van der Waals surface area contributed by atoms with E-state index in [2.05, 4.69) is 67.8 Å². The summed E-state index contributed by atoms with van der Waals surface area (Å²) in [5.41, 5.74) is 0. The minimum Gasteiger partial charge on any atom is -0.387 e. The van der Waals surface area contributed by atoms with E-state index in [1.807, 2.05) is 27.2 Å². The zero-order chi connectivity index (χ0) is 53.5. The molecular weight excluding hydrogens is 924 g/mol. The molecule has 3 atom stereocenters. The third-order valence-corrected chi connectivity index (χ3v) is 14.9. The van der Waals surface area contributed by atoms with Gasteiger partial charge in [0, 0.05) is 6.42 Å². The highest BCUT2D eigenvalue weighted by Gasteiger charge is 2.27. The topological polar surface area (TPSA) is 105 Å². The van der Waals surface area contributed by atoms with Crippen LogP contribution in [0, 0.1) is 0 Å². The maximum atomic E-state index is 13.0. The Bertz CT molecular complexity index is 1370. The fourth-order valence-electron chi connectivity index (χ4n) is 9.05. The van der Waals surface area contributed by atoms with Crippen LogP contribution >= 0.6 is 7.82 Å². The number of allylic oxidation sites excluding steroid dienone is 9. The summed E-state index contributed by atoms with van der Waals surface area (Å²) < 4.78 is 23.7. The Morgan fingerprint density at radius 3 is 1.18 bits per heavy atom. The van der Waals surface area contributed by atoms with Crippen LogP contribution in [0.3, 0.4) is 0 Å². The lowest BCUT2D eigenvalue weighted by atomic mass is 10.0. The molecule has 0 aromatic carbocycles. The first-order chi connectivity index (χ1) is 35.5. The number of quaternary nitrogens is 1. The third-order valence-electron chi connectivity index (χ3n) is 13.9. The van der Waals surface area contributed by atoms with E-state index in [0.717, 1.165) is 51.4 Å². The van der Waals surface area contributed by atoms with E-state index in [-0.39, 0.29) is 19.1 Å². The average Bonchev–Trinajstić information content (AvgIpc) is 3.35. The first kappa shape index (κ1) is 71.2. The van der Waals surface area contributed by atoms with Crippen LogP contribution in [0.25, 0.3) is 0 Å². The fourth-order valence-corrected chi connectivity index (χ4v) is 9.78. The molecule has 0 saturated heterocycles. The molecule has 0 heterocycles. The van der Waals surface area contributed by atoms with Gasteiger partial charge in [0.25, 0.3) is 0 Å². The molecule has 0 aromatic heterocycles. The molecule has 73 heavy (non-hydrogen) atoms. The van der Waals surface area contributed by atoms with Crippen molar-refractivity contribution in [1.29, 1.82) is 0 Å². The highest BCUT2D eigenvalue weighted by Crippen LogP contribution is 2.43. The van der Waals surface area contributed by atoms with Crippen LogP contribution in [-0.2, 0) is 18.4 Å². The van der Waals surface area contributed by atoms with Crippen LogP contribution in [0.2, 0.25) is 0 Å². The van der Waals surface area contributed by atoms with E-state index >= 15 is 0 Å². The molecule has 0 aliphatic rings. The largest absolute Gasteiger partial charge is 0.472 e. The lowest BCUT2D eigenvalue weighted by molar-refractivity contribution is -0.870. The second kappa shape index (κ2) is 55.0. The lowest BCUT2D eigenvalue weighted by Gasteiger charge is -2.25. The highest BCUT2D eigenvalue weighted by molar-refractivity contribution is 7.47. The number of phosphoric acid groups is 1. The van der Waals surface area contributed by atoms with E-state index in [1.165, 1.54) is 218 Å². The molecular formula is C64H122N2O6P+. The molecule has 3 N–H and O–H groups in total. The zero-order valence-electron chi connectivity index (χ0n) is 48.9. The van der Waals surface area contributed by atoms with Crippen LogP contribution < -0.4 is 5.32 Å². The molecule has 0 aliphatic heterocycles. The van der Waals surface area contributed by atoms with Crippen LogP contribution in [0.4, 0.5) is 0 Å². The molecule has 0 bridgehead atoms. The highest BCUT2D eigenvalue weighted by atomic mass is 31.2. The molecule has 0 rings (SSSR count). The Labute approximate surface area is 453 Å². The first-order valence-electron chi connectivity index (χ1n) is 31.2. The minimum atomic E-state index is -4.36. The first-order valence-corrected chi connectivity index (χ1v) is 32.7. The Balaban J connectivity index is 4.18. The number of carbonyl (C=O) groups is 1. The monoisotopic (exact) mass is 1050 g/mol. The number of nitrogens with one attached hydrogen (secondary N) is 1. The van der Waals surface area contributed by atoms with Crippen molar-refractivity contribution in [1.82, 2.24) is 5.32 Å². The molecule has 9 heteroatoms. The number of amides is 1. The zero-order valence-corrected chi connectivity index (χ0v) is 49.8. The van der Waals surface area contributed by atoms with Gasteiger partial charge in [-0.3, -0.25) is 13.8 Å². The second-order valence-electron chi connectivity index (χ2n) is 22.4. The molecule has 0 saturated carbocycles. The van der Waals surface area contributed by atoms with E-state index in [0.29, 0.717) is 17.4 Å². The number of aliphatic hydroxyl groups is 1. The van der Waals surface area contributed by atoms with Crippen molar-refractivity contribution in [3.05, 3.63) is 60.8 Å². The number of hydrogen-bond acceptors (Lipinski definition) is 5. The van der Waals surface area contributed by atoms with Gasteiger partial charge in [0.2, 0.25) is 5.91 Å². The van der Waals surface area contributed by atoms with Crippen molar-refractivity contribution in [3.63, 3.8) is 0 Å². The van der Waals surface area contributed by atoms with E-state index in [4.69, 9.17) is 9.05 Å². The summed E-state index contributed by atoms with van der Waals surface area (Å²) in [6.45, 7) is 4.81. The minimum absolute atomic E-state index is 0.0530. The van der Waals surface area contributed by atoms with Crippen molar-refractivity contribution in [2.24, 2.45) is 0 Å². The van der Waals surface area contributed by atoms with Gasteiger partial charge in [-0.05, 0) is 77.0 Å². The van der Waals surface area contributed by atoms with Crippen molar-refractivity contribution in [3.8, 4) is 0 Å². The van der Waals surface area contributed by atoms with Crippen LogP contribution in [0.5, 0.6) is 0 Å². The van der Waals surface area contributed by atoms with Gasteiger partial charge < -0.3 is 19.8 Å². The van der Waals surface area contributed by atoms with Gasteiger partial charge in [0.1, 0.15) is 13.2 Å². The standard InChI is InChI=1S/C64H121N2O6P/c1-6-8-10-12-14-16-18-20-22-24-26-28-30-31-32-33-34-35-36-38-40-42-44-46-48-50-52-54-56-58-64(68)65-62(61-72-73(69,70)71-60-59-66(3,4)5)63(67)57-55-53-51-49-47-45-43-41-39-37-29-27-25-23-21-19-17-15-13-11-9-7-2/h18,20,24,26,39,41,47,49,55,57,62-63,67H,6-17,19,21-23,25,27-38,40,42-46,48,50-54,56,58-61H2,1-5H3,(H-,65,68,69,70)/p+1/b20-18-,26-24-,41-39+,49-47+,57-55+. The van der Waals surface area contributed by atoms with Crippen molar-refractivity contribution in [2.45, 2.75) is 302 Å². The Morgan fingerprint density at radius 1 is 0.466 bits per heavy atom.